The number of nitrogens with zero attached hydrogens (tertiary/aromatic N) is 1. The second-order valence-corrected chi connectivity index (χ2v) is 6.48. The van der Waals surface area contributed by atoms with Crippen LogP contribution in [0.1, 0.15) is 13.3 Å². The lowest BCUT2D eigenvalue weighted by Gasteiger charge is -2.32. The van der Waals surface area contributed by atoms with Gasteiger partial charge >= 0.3 is 0 Å². The van der Waals surface area contributed by atoms with Crippen molar-refractivity contribution in [2.45, 2.75) is 19.4 Å². The third-order valence-electron chi connectivity index (χ3n) is 3.84. The van der Waals surface area contributed by atoms with Gasteiger partial charge in [0.1, 0.15) is 5.75 Å². The monoisotopic (exact) mass is 378 g/mol. The highest BCUT2D eigenvalue weighted by molar-refractivity contribution is 6.35. The molecule has 0 radical (unpaired) electrons. The molecule has 2 aromatic rings. The van der Waals surface area contributed by atoms with E-state index in [1.807, 2.05) is 12.1 Å². The minimum absolute atomic E-state index is 0.121. The lowest BCUT2D eigenvalue weighted by molar-refractivity contribution is -0.125. The van der Waals surface area contributed by atoms with Crippen molar-refractivity contribution < 1.29 is 14.3 Å². The summed E-state index contributed by atoms with van der Waals surface area (Å²) in [6.45, 7) is 1.94. The predicted octanol–water partition coefficient (Wildman–Crippen LogP) is 4.14. The molecule has 1 aliphatic rings. The van der Waals surface area contributed by atoms with E-state index in [1.165, 1.54) is 0 Å². The molecular weight excluding hydrogens is 363 g/mol. The zero-order chi connectivity index (χ0) is 18.0. The van der Waals surface area contributed by atoms with Gasteiger partial charge in [-0.25, -0.2) is 0 Å². The molecule has 1 unspecified atom stereocenters. The highest BCUT2D eigenvalue weighted by atomic mass is 35.5. The normalized spacial score (nSPS) is 16.2. The highest BCUT2D eigenvalue weighted by Gasteiger charge is 2.31. The van der Waals surface area contributed by atoms with Crippen LogP contribution in [0.2, 0.25) is 10.0 Å². The summed E-state index contributed by atoms with van der Waals surface area (Å²) >= 11 is 12.0. The van der Waals surface area contributed by atoms with E-state index in [2.05, 4.69) is 5.32 Å². The Morgan fingerprint density at radius 2 is 2.00 bits per heavy atom. The van der Waals surface area contributed by atoms with Crippen LogP contribution < -0.4 is 15.0 Å². The van der Waals surface area contributed by atoms with Crippen LogP contribution in [0.3, 0.4) is 0 Å². The van der Waals surface area contributed by atoms with Gasteiger partial charge in [0.05, 0.1) is 16.4 Å². The van der Waals surface area contributed by atoms with Gasteiger partial charge in [-0.1, -0.05) is 35.3 Å². The number of rotatable bonds is 4. The third-order valence-corrected chi connectivity index (χ3v) is 4.40. The molecule has 1 N–H and O–H groups in total. The number of hydrogen-bond donors (Lipinski definition) is 1. The van der Waals surface area contributed by atoms with Gasteiger partial charge in [0.15, 0.2) is 6.10 Å². The molecule has 0 fully saturated rings. The van der Waals surface area contributed by atoms with E-state index in [1.54, 1.807) is 42.2 Å². The van der Waals surface area contributed by atoms with E-state index >= 15 is 0 Å². The van der Waals surface area contributed by atoms with Crippen LogP contribution in [-0.2, 0) is 9.59 Å². The number of hydrogen-bond acceptors (Lipinski definition) is 3. The van der Waals surface area contributed by atoms with Gasteiger partial charge in [-0.05, 0) is 37.3 Å². The molecule has 0 saturated carbocycles. The summed E-state index contributed by atoms with van der Waals surface area (Å²) in [5.41, 5.74) is 1.11. The van der Waals surface area contributed by atoms with Gasteiger partial charge in [-0.15, -0.1) is 0 Å². The molecule has 0 aliphatic carbocycles. The minimum atomic E-state index is -0.583. The summed E-state index contributed by atoms with van der Waals surface area (Å²) in [4.78, 5) is 26.2. The van der Waals surface area contributed by atoms with Crippen molar-refractivity contribution in [3.05, 3.63) is 52.5 Å². The van der Waals surface area contributed by atoms with E-state index in [9.17, 15) is 9.59 Å². The molecule has 3 rings (SSSR count). The smallest absolute Gasteiger partial charge is 0.267 e. The Balaban J connectivity index is 1.69. The minimum Gasteiger partial charge on any atom is -0.479 e. The molecule has 0 saturated heterocycles. The van der Waals surface area contributed by atoms with Crippen molar-refractivity contribution in [1.29, 1.82) is 0 Å². The molecule has 0 bridgehead atoms. The Labute approximate surface area is 155 Å². The number of halogens is 2. The number of para-hydroxylation sites is 2. The van der Waals surface area contributed by atoms with E-state index < -0.39 is 6.10 Å². The molecule has 2 amide bonds. The van der Waals surface area contributed by atoms with Gasteiger partial charge in [-0.3, -0.25) is 9.59 Å². The molecule has 1 aliphatic heterocycles. The van der Waals surface area contributed by atoms with Crippen molar-refractivity contribution in [2.24, 2.45) is 0 Å². The van der Waals surface area contributed by atoms with Gasteiger partial charge in [0, 0.05) is 18.0 Å². The summed E-state index contributed by atoms with van der Waals surface area (Å²) < 4.78 is 5.58. The van der Waals surface area contributed by atoms with E-state index in [4.69, 9.17) is 27.9 Å². The maximum absolute atomic E-state index is 12.4. The maximum Gasteiger partial charge on any atom is 0.267 e. The first kappa shape index (κ1) is 17.6. The van der Waals surface area contributed by atoms with Crippen LogP contribution in [0, 0.1) is 0 Å². The fraction of sp³-hybridized carbons (Fsp3) is 0.222. The van der Waals surface area contributed by atoms with Gasteiger partial charge in [-0.2, -0.15) is 0 Å². The summed E-state index contributed by atoms with van der Waals surface area (Å²) in [6, 6.07) is 12.1. The summed E-state index contributed by atoms with van der Waals surface area (Å²) in [5.74, 6) is 0.203. The number of benzene rings is 2. The Kier molecular flexibility index (Phi) is 5.16. The number of anilines is 2. The summed E-state index contributed by atoms with van der Waals surface area (Å²) in [5, 5.41) is 3.60. The van der Waals surface area contributed by atoms with Gasteiger partial charge in [0.2, 0.25) is 5.91 Å². The molecule has 5 nitrogen and oxygen atoms in total. The fourth-order valence-electron chi connectivity index (χ4n) is 2.61. The summed E-state index contributed by atoms with van der Waals surface area (Å²) in [7, 11) is 0. The zero-order valence-corrected chi connectivity index (χ0v) is 15.0. The van der Waals surface area contributed by atoms with Crippen molar-refractivity contribution >= 4 is 46.4 Å². The number of fused-ring (bicyclic) bond motifs is 1. The molecule has 2 aromatic carbocycles. The number of carbonyl (C=O) groups excluding carboxylic acids is 2. The van der Waals surface area contributed by atoms with Crippen LogP contribution >= 0.6 is 23.2 Å². The molecule has 7 heteroatoms. The molecule has 25 heavy (non-hydrogen) atoms. The SMILES string of the molecule is CC1Oc2ccccc2N(CCC(=O)Nc2cc(Cl)ccc2Cl)C1=O. The van der Waals surface area contributed by atoms with Crippen LogP contribution in [-0.4, -0.2) is 24.5 Å². The van der Waals surface area contributed by atoms with Crippen LogP contribution in [0.25, 0.3) is 0 Å². The second kappa shape index (κ2) is 7.33. The molecule has 0 aromatic heterocycles. The second-order valence-electron chi connectivity index (χ2n) is 5.64. The van der Waals surface area contributed by atoms with E-state index in [0.29, 0.717) is 27.2 Å². The Bertz CT molecular complexity index is 826. The Morgan fingerprint density at radius 1 is 1.24 bits per heavy atom. The lowest BCUT2D eigenvalue weighted by Crippen LogP contribution is -2.45. The van der Waals surface area contributed by atoms with Crippen LogP contribution in [0.5, 0.6) is 5.75 Å². The largest absolute Gasteiger partial charge is 0.479 e. The quantitative estimate of drug-likeness (QED) is 0.869. The average Bonchev–Trinajstić information content (AvgIpc) is 2.58. The van der Waals surface area contributed by atoms with Crippen molar-refractivity contribution in [2.75, 3.05) is 16.8 Å². The third kappa shape index (κ3) is 3.89. The Hall–Kier alpha value is -2.24. The molecule has 130 valence electrons. The number of carbonyl (C=O) groups is 2. The standard InChI is InChI=1S/C18H16Cl2N2O3/c1-11-18(24)22(15-4-2-3-5-16(15)25-11)9-8-17(23)21-14-10-12(19)6-7-13(14)20/h2-7,10-11H,8-9H2,1H3,(H,21,23). The first-order valence-corrected chi connectivity index (χ1v) is 8.53. The molecule has 1 heterocycles. The lowest BCUT2D eigenvalue weighted by atomic mass is 10.1. The predicted molar refractivity (Wildman–Crippen MR) is 98.6 cm³/mol. The van der Waals surface area contributed by atoms with Crippen LogP contribution in [0.4, 0.5) is 11.4 Å². The number of ether oxygens (including phenoxy) is 1. The Morgan fingerprint density at radius 3 is 2.80 bits per heavy atom. The fourth-order valence-corrected chi connectivity index (χ4v) is 2.95. The average molecular weight is 379 g/mol. The molecular formula is C18H16Cl2N2O3. The molecule has 0 spiro atoms. The molecule has 1 atom stereocenters. The van der Waals surface area contributed by atoms with E-state index in [0.717, 1.165) is 0 Å². The zero-order valence-electron chi connectivity index (χ0n) is 13.5. The first-order chi connectivity index (χ1) is 12.0. The van der Waals surface area contributed by atoms with E-state index in [-0.39, 0.29) is 24.8 Å². The summed E-state index contributed by atoms with van der Waals surface area (Å²) in [6.07, 6.45) is -0.462. The first-order valence-electron chi connectivity index (χ1n) is 7.77. The van der Waals surface area contributed by atoms with Gasteiger partial charge < -0.3 is 15.0 Å². The van der Waals surface area contributed by atoms with Gasteiger partial charge in [0.25, 0.3) is 5.91 Å². The number of amides is 2. The van der Waals surface area contributed by atoms with Crippen LogP contribution in [0.15, 0.2) is 42.5 Å². The highest BCUT2D eigenvalue weighted by Crippen LogP contribution is 2.33. The number of nitrogens with one attached hydrogen (secondary N) is 1. The topological polar surface area (TPSA) is 58.6 Å². The van der Waals surface area contributed by atoms with Crippen molar-refractivity contribution in [3.63, 3.8) is 0 Å². The maximum atomic E-state index is 12.4. The van der Waals surface area contributed by atoms with Crippen molar-refractivity contribution in [1.82, 2.24) is 0 Å². The van der Waals surface area contributed by atoms with Crippen molar-refractivity contribution in [3.8, 4) is 5.75 Å².